The van der Waals surface area contributed by atoms with Gasteiger partial charge in [-0.15, -0.1) is 0 Å². The predicted octanol–water partition coefficient (Wildman–Crippen LogP) is -1.65. The smallest absolute Gasteiger partial charge is 0.317 e. The molecule has 1 amide bonds. The Morgan fingerprint density at radius 2 is 1.43 bits per heavy atom. The SMILES string of the molecule is CCN1CCN(CC(=O)O)CCN(CC(=O)NCCNC)CC1. The Hall–Kier alpha value is -1.22. The van der Waals surface area contributed by atoms with Crippen molar-refractivity contribution in [1.82, 2.24) is 25.3 Å². The van der Waals surface area contributed by atoms with E-state index in [1.807, 2.05) is 11.9 Å². The molecule has 1 aliphatic heterocycles. The number of hydrogen-bond donors (Lipinski definition) is 3. The first kappa shape index (κ1) is 19.8. The zero-order valence-electron chi connectivity index (χ0n) is 14.4. The monoisotopic (exact) mass is 329 g/mol. The Morgan fingerprint density at radius 3 is 1.91 bits per heavy atom. The van der Waals surface area contributed by atoms with Crippen LogP contribution in [0.1, 0.15) is 6.92 Å². The summed E-state index contributed by atoms with van der Waals surface area (Å²) in [6.07, 6.45) is 0. The number of nitrogens with one attached hydrogen (secondary N) is 2. The van der Waals surface area contributed by atoms with E-state index < -0.39 is 5.97 Å². The van der Waals surface area contributed by atoms with Gasteiger partial charge < -0.3 is 20.6 Å². The molecule has 0 aromatic heterocycles. The summed E-state index contributed by atoms with van der Waals surface area (Å²) in [6, 6.07) is 0. The van der Waals surface area contributed by atoms with Crippen LogP contribution in [0.25, 0.3) is 0 Å². The molecule has 0 saturated carbocycles. The fourth-order valence-electron chi connectivity index (χ4n) is 2.59. The molecule has 3 N–H and O–H groups in total. The maximum absolute atomic E-state index is 12.0. The Morgan fingerprint density at radius 1 is 0.913 bits per heavy atom. The molecule has 134 valence electrons. The van der Waals surface area contributed by atoms with Crippen LogP contribution in [0.5, 0.6) is 0 Å². The number of carboxylic acid groups (broad SMARTS) is 1. The lowest BCUT2D eigenvalue weighted by atomic mass is 10.4. The first-order valence-corrected chi connectivity index (χ1v) is 8.35. The van der Waals surface area contributed by atoms with Gasteiger partial charge >= 0.3 is 5.97 Å². The van der Waals surface area contributed by atoms with Crippen LogP contribution < -0.4 is 10.6 Å². The molecule has 8 nitrogen and oxygen atoms in total. The second kappa shape index (κ2) is 11.3. The summed E-state index contributed by atoms with van der Waals surface area (Å²) in [7, 11) is 1.85. The van der Waals surface area contributed by atoms with Crippen molar-refractivity contribution in [2.75, 3.05) is 79.0 Å². The Kier molecular flexibility index (Phi) is 9.77. The van der Waals surface area contributed by atoms with E-state index in [1.54, 1.807) is 0 Å². The minimum Gasteiger partial charge on any atom is -0.480 e. The number of carboxylic acids is 1. The van der Waals surface area contributed by atoms with Gasteiger partial charge in [-0.1, -0.05) is 6.92 Å². The number of likely N-dealkylation sites (N-methyl/N-ethyl adjacent to an activating group) is 2. The zero-order chi connectivity index (χ0) is 17.1. The van der Waals surface area contributed by atoms with E-state index in [-0.39, 0.29) is 12.5 Å². The molecule has 1 heterocycles. The number of hydrogen-bond acceptors (Lipinski definition) is 6. The van der Waals surface area contributed by atoms with Crippen LogP contribution in [0.15, 0.2) is 0 Å². The third-order valence-electron chi connectivity index (χ3n) is 4.07. The molecular weight excluding hydrogens is 298 g/mol. The lowest BCUT2D eigenvalue weighted by molar-refractivity contribution is -0.138. The molecular formula is C15H31N5O3. The third kappa shape index (κ3) is 8.85. The van der Waals surface area contributed by atoms with Crippen LogP contribution >= 0.6 is 0 Å². The molecule has 0 aromatic rings. The van der Waals surface area contributed by atoms with Crippen molar-refractivity contribution in [3.8, 4) is 0 Å². The van der Waals surface area contributed by atoms with Crippen LogP contribution in [-0.4, -0.2) is 111 Å². The maximum atomic E-state index is 12.0. The van der Waals surface area contributed by atoms with Crippen molar-refractivity contribution < 1.29 is 14.7 Å². The summed E-state index contributed by atoms with van der Waals surface area (Å²) in [5.41, 5.74) is 0. The quantitative estimate of drug-likeness (QED) is 0.460. The molecule has 8 heteroatoms. The van der Waals surface area contributed by atoms with E-state index in [0.717, 1.165) is 39.3 Å². The molecule has 0 radical (unpaired) electrons. The van der Waals surface area contributed by atoms with Gasteiger partial charge in [-0.3, -0.25) is 19.4 Å². The van der Waals surface area contributed by atoms with E-state index >= 15 is 0 Å². The summed E-state index contributed by atoms with van der Waals surface area (Å²) >= 11 is 0. The second-order valence-electron chi connectivity index (χ2n) is 5.83. The van der Waals surface area contributed by atoms with E-state index in [2.05, 4.69) is 27.4 Å². The molecule has 0 spiro atoms. The van der Waals surface area contributed by atoms with Gasteiger partial charge in [-0.05, 0) is 13.6 Å². The average Bonchev–Trinajstić information content (AvgIpc) is 2.59. The third-order valence-corrected chi connectivity index (χ3v) is 4.07. The summed E-state index contributed by atoms with van der Waals surface area (Å²) in [6.45, 7) is 9.57. The van der Waals surface area contributed by atoms with Crippen molar-refractivity contribution in [3.05, 3.63) is 0 Å². The Balaban J connectivity index is 2.53. The highest BCUT2D eigenvalue weighted by Crippen LogP contribution is 2.00. The summed E-state index contributed by atoms with van der Waals surface area (Å²) in [5.74, 6) is -0.781. The predicted molar refractivity (Wildman–Crippen MR) is 89.6 cm³/mol. The normalized spacial score (nSPS) is 18.9. The lowest BCUT2D eigenvalue weighted by Gasteiger charge is -2.24. The van der Waals surface area contributed by atoms with Gasteiger partial charge in [0.15, 0.2) is 0 Å². The van der Waals surface area contributed by atoms with Crippen LogP contribution in [0.2, 0.25) is 0 Å². The summed E-state index contributed by atoms with van der Waals surface area (Å²) < 4.78 is 0. The highest BCUT2D eigenvalue weighted by Gasteiger charge is 2.18. The van der Waals surface area contributed by atoms with Gasteiger partial charge in [0, 0.05) is 52.4 Å². The summed E-state index contributed by atoms with van der Waals surface area (Å²) in [5, 5.41) is 14.9. The van der Waals surface area contributed by atoms with Gasteiger partial charge in [-0.25, -0.2) is 0 Å². The average molecular weight is 329 g/mol. The van der Waals surface area contributed by atoms with E-state index in [0.29, 0.717) is 26.2 Å². The van der Waals surface area contributed by atoms with Crippen LogP contribution in [0, 0.1) is 0 Å². The fraction of sp³-hybridized carbons (Fsp3) is 0.867. The van der Waals surface area contributed by atoms with Crippen molar-refractivity contribution in [2.45, 2.75) is 6.92 Å². The van der Waals surface area contributed by atoms with Crippen LogP contribution in [0.3, 0.4) is 0 Å². The number of rotatable bonds is 8. The highest BCUT2D eigenvalue weighted by atomic mass is 16.4. The van der Waals surface area contributed by atoms with E-state index in [9.17, 15) is 9.59 Å². The van der Waals surface area contributed by atoms with Crippen molar-refractivity contribution >= 4 is 11.9 Å². The minimum atomic E-state index is -0.802. The van der Waals surface area contributed by atoms with Crippen molar-refractivity contribution in [3.63, 3.8) is 0 Å². The van der Waals surface area contributed by atoms with Crippen LogP contribution in [-0.2, 0) is 9.59 Å². The number of amides is 1. The number of nitrogens with zero attached hydrogens (tertiary/aromatic N) is 3. The minimum absolute atomic E-state index is 0.0207. The van der Waals surface area contributed by atoms with Crippen molar-refractivity contribution in [2.24, 2.45) is 0 Å². The van der Waals surface area contributed by atoms with E-state index in [1.165, 1.54) is 0 Å². The lowest BCUT2D eigenvalue weighted by Crippen LogP contribution is -2.44. The number of carbonyl (C=O) groups excluding carboxylic acids is 1. The molecule has 23 heavy (non-hydrogen) atoms. The topological polar surface area (TPSA) is 88.2 Å². The first-order valence-electron chi connectivity index (χ1n) is 8.35. The number of aliphatic carboxylic acids is 1. The standard InChI is InChI=1S/C15H31N5O3/c1-3-18-6-8-19(12-14(21)17-5-4-16-2)10-11-20(9-7-18)13-15(22)23/h16H,3-13H2,1-2H3,(H,17,21)(H,22,23). The van der Waals surface area contributed by atoms with Gasteiger partial charge in [0.1, 0.15) is 0 Å². The first-order chi connectivity index (χ1) is 11.0. The van der Waals surface area contributed by atoms with Gasteiger partial charge in [-0.2, -0.15) is 0 Å². The Bertz CT molecular complexity index is 367. The molecule has 0 bridgehead atoms. The van der Waals surface area contributed by atoms with Gasteiger partial charge in [0.05, 0.1) is 13.1 Å². The molecule has 1 rings (SSSR count). The van der Waals surface area contributed by atoms with Crippen LogP contribution in [0.4, 0.5) is 0 Å². The highest BCUT2D eigenvalue weighted by molar-refractivity contribution is 5.78. The largest absolute Gasteiger partial charge is 0.480 e. The van der Waals surface area contributed by atoms with Crippen molar-refractivity contribution in [1.29, 1.82) is 0 Å². The molecule has 0 aliphatic carbocycles. The van der Waals surface area contributed by atoms with Gasteiger partial charge in [0.2, 0.25) is 5.91 Å². The maximum Gasteiger partial charge on any atom is 0.317 e. The number of carbonyl (C=O) groups is 2. The molecule has 0 atom stereocenters. The van der Waals surface area contributed by atoms with E-state index in [4.69, 9.17) is 5.11 Å². The molecule has 1 aliphatic rings. The fourth-order valence-corrected chi connectivity index (χ4v) is 2.59. The molecule has 1 fully saturated rings. The second-order valence-corrected chi connectivity index (χ2v) is 5.83. The molecule has 0 unspecified atom stereocenters. The molecule has 0 aromatic carbocycles. The zero-order valence-corrected chi connectivity index (χ0v) is 14.4. The molecule has 1 saturated heterocycles. The Labute approximate surface area is 138 Å². The van der Waals surface area contributed by atoms with Gasteiger partial charge in [0.25, 0.3) is 0 Å². The summed E-state index contributed by atoms with van der Waals surface area (Å²) in [4.78, 5) is 29.3.